The van der Waals surface area contributed by atoms with Gasteiger partial charge in [-0.3, -0.25) is 4.79 Å². The van der Waals surface area contributed by atoms with Gasteiger partial charge in [-0.15, -0.1) is 0 Å². The maximum Gasteiger partial charge on any atom is 0.337 e. The van der Waals surface area contributed by atoms with E-state index in [9.17, 15) is 9.59 Å². The molecule has 0 saturated carbocycles. The van der Waals surface area contributed by atoms with E-state index in [-0.39, 0.29) is 25.4 Å². The number of ether oxygens (including phenoxy) is 4. The third-order valence-electron chi connectivity index (χ3n) is 3.17. The van der Waals surface area contributed by atoms with Crippen LogP contribution in [-0.2, 0) is 19.0 Å². The normalized spacial score (nSPS) is 19.5. The monoisotopic (exact) mass is 310 g/mol. The van der Waals surface area contributed by atoms with Crippen LogP contribution in [-0.4, -0.2) is 44.2 Å². The first-order valence-corrected chi connectivity index (χ1v) is 6.81. The van der Waals surface area contributed by atoms with E-state index in [2.05, 4.69) is 0 Å². The zero-order valence-electron chi connectivity index (χ0n) is 12.4. The molecule has 2 rings (SSSR count). The Morgan fingerprint density at radius 2 is 2.05 bits per heavy atom. The topological polar surface area (TPSA) is 94.6 Å². The molecule has 1 aliphatic rings. The van der Waals surface area contributed by atoms with Crippen molar-refractivity contribution in [2.45, 2.75) is 25.2 Å². The average Bonchev–Trinajstić information content (AvgIpc) is 3.30. The van der Waals surface area contributed by atoms with Crippen molar-refractivity contribution in [2.75, 3.05) is 20.8 Å². The minimum absolute atomic E-state index is 0.0288. The lowest BCUT2D eigenvalue weighted by Crippen LogP contribution is -2.06. The molecule has 1 aromatic carbocycles. The summed E-state index contributed by atoms with van der Waals surface area (Å²) in [4.78, 5) is 22.2. The Morgan fingerprint density at radius 1 is 1.27 bits per heavy atom. The number of hydrogen-bond donors (Lipinski definition) is 1. The summed E-state index contributed by atoms with van der Waals surface area (Å²) in [6.07, 6.45) is -0.155. The molecule has 0 radical (unpaired) electrons. The highest BCUT2D eigenvalue weighted by atomic mass is 16.8. The van der Waals surface area contributed by atoms with Crippen LogP contribution < -0.4 is 4.74 Å². The number of carbonyl (C=O) groups excluding carboxylic acids is 1. The third-order valence-corrected chi connectivity index (χ3v) is 3.17. The molecule has 2 atom stereocenters. The van der Waals surface area contributed by atoms with Gasteiger partial charge in [-0.05, 0) is 30.2 Å². The molecule has 0 amide bonds. The minimum atomic E-state index is -0.873. The average molecular weight is 310 g/mol. The predicted molar refractivity (Wildman–Crippen MR) is 74.8 cm³/mol. The molecule has 7 nitrogen and oxygen atoms in total. The third kappa shape index (κ3) is 4.19. The van der Waals surface area contributed by atoms with E-state index in [0.717, 1.165) is 5.56 Å². The lowest BCUT2D eigenvalue weighted by molar-refractivity contribution is -0.137. The summed E-state index contributed by atoms with van der Waals surface area (Å²) in [6, 6.07) is 4.97. The molecule has 2 unspecified atom stereocenters. The van der Waals surface area contributed by atoms with Crippen LogP contribution in [0.25, 0.3) is 0 Å². The maximum atomic E-state index is 11.7. The second kappa shape index (κ2) is 7.24. The van der Waals surface area contributed by atoms with Crippen LogP contribution in [0.5, 0.6) is 5.75 Å². The number of epoxide rings is 1. The molecule has 0 aromatic heterocycles. The van der Waals surface area contributed by atoms with E-state index >= 15 is 0 Å². The van der Waals surface area contributed by atoms with Gasteiger partial charge >= 0.3 is 11.9 Å². The van der Waals surface area contributed by atoms with Crippen molar-refractivity contribution < 1.29 is 33.6 Å². The van der Waals surface area contributed by atoms with Crippen LogP contribution in [0.15, 0.2) is 18.2 Å². The number of hydrogen-bond acceptors (Lipinski definition) is 6. The van der Waals surface area contributed by atoms with E-state index < -0.39 is 11.9 Å². The fourth-order valence-electron chi connectivity index (χ4n) is 2.03. The van der Waals surface area contributed by atoms with Gasteiger partial charge in [-0.2, -0.15) is 0 Å². The molecule has 0 spiro atoms. The molecular formula is C15H18O7. The van der Waals surface area contributed by atoms with E-state index in [0.29, 0.717) is 17.7 Å². The maximum absolute atomic E-state index is 11.7. The van der Waals surface area contributed by atoms with Gasteiger partial charge < -0.3 is 24.1 Å². The summed E-state index contributed by atoms with van der Waals surface area (Å²) < 4.78 is 20.6. The van der Waals surface area contributed by atoms with Crippen molar-refractivity contribution in [1.82, 2.24) is 0 Å². The summed E-state index contributed by atoms with van der Waals surface area (Å²) in [5, 5.41) is 8.59. The van der Waals surface area contributed by atoms with Crippen molar-refractivity contribution in [3.63, 3.8) is 0 Å². The number of rotatable bonds is 8. The van der Waals surface area contributed by atoms with Gasteiger partial charge in [0.15, 0.2) is 6.29 Å². The molecule has 1 fully saturated rings. The SMILES string of the molecule is COC(=O)c1cc(OCCCC(=O)O)cc(C2OC2OC)c1. The molecule has 1 N–H and O–H groups in total. The molecule has 1 heterocycles. The highest BCUT2D eigenvalue weighted by Gasteiger charge is 2.41. The van der Waals surface area contributed by atoms with Crippen LogP contribution in [0.4, 0.5) is 0 Å². The summed E-state index contributed by atoms with van der Waals surface area (Å²) in [5.41, 5.74) is 1.10. The quantitative estimate of drug-likeness (QED) is 0.444. The number of carbonyl (C=O) groups is 2. The molecule has 22 heavy (non-hydrogen) atoms. The Kier molecular flexibility index (Phi) is 5.35. The summed E-state index contributed by atoms with van der Waals surface area (Å²) in [7, 11) is 2.84. The van der Waals surface area contributed by atoms with Crippen LogP contribution in [0.2, 0.25) is 0 Å². The fourth-order valence-corrected chi connectivity index (χ4v) is 2.03. The number of benzene rings is 1. The summed E-state index contributed by atoms with van der Waals surface area (Å²) in [5.74, 6) is -0.887. The van der Waals surface area contributed by atoms with E-state index in [1.54, 1.807) is 18.2 Å². The fraction of sp³-hybridized carbons (Fsp3) is 0.467. The van der Waals surface area contributed by atoms with Crippen molar-refractivity contribution in [1.29, 1.82) is 0 Å². The second-order valence-corrected chi connectivity index (χ2v) is 4.79. The summed E-state index contributed by atoms with van der Waals surface area (Å²) in [6.45, 7) is 0.246. The molecule has 120 valence electrons. The van der Waals surface area contributed by atoms with Crippen molar-refractivity contribution in [2.24, 2.45) is 0 Å². The lowest BCUT2D eigenvalue weighted by Gasteiger charge is -2.09. The second-order valence-electron chi connectivity index (χ2n) is 4.79. The highest BCUT2D eigenvalue weighted by Crippen LogP contribution is 2.40. The first kappa shape index (κ1) is 16.3. The molecule has 0 aliphatic carbocycles. The molecule has 7 heteroatoms. The Morgan fingerprint density at radius 3 is 2.64 bits per heavy atom. The van der Waals surface area contributed by atoms with Crippen molar-refractivity contribution in [3.8, 4) is 5.75 Å². The van der Waals surface area contributed by atoms with Crippen LogP contribution in [0.1, 0.15) is 34.9 Å². The van der Waals surface area contributed by atoms with Gasteiger partial charge in [0.2, 0.25) is 0 Å². The number of carboxylic acid groups (broad SMARTS) is 1. The van der Waals surface area contributed by atoms with Crippen LogP contribution >= 0.6 is 0 Å². The Hall–Kier alpha value is -2.12. The number of methoxy groups -OCH3 is 2. The molecular weight excluding hydrogens is 292 g/mol. The van der Waals surface area contributed by atoms with Gasteiger partial charge in [0, 0.05) is 13.5 Å². The Balaban J connectivity index is 2.08. The first-order chi connectivity index (χ1) is 10.5. The van der Waals surface area contributed by atoms with Gasteiger partial charge in [-0.25, -0.2) is 4.79 Å². The molecule has 0 bridgehead atoms. The van der Waals surface area contributed by atoms with Gasteiger partial charge in [0.25, 0.3) is 0 Å². The van der Waals surface area contributed by atoms with Crippen molar-refractivity contribution >= 4 is 11.9 Å². The van der Waals surface area contributed by atoms with Crippen molar-refractivity contribution in [3.05, 3.63) is 29.3 Å². The van der Waals surface area contributed by atoms with Crippen LogP contribution in [0, 0.1) is 0 Å². The zero-order chi connectivity index (χ0) is 16.1. The standard InChI is InChI=1S/C15H18O7/c1-19-14(18)10-6-9(13-15(20-2)22-13)7-11(8-10)21-5-3-4-12(16)17/h6-8,13,15H,3-5H2,1-2H3,(H,16,17). The van der Waals surface area contributed by atoms with Crippen LogP contribution in [0.3, 0.4) is 0 Å². The molecule has 1 aromatic rings. The highest BCUT2D eigenvalue weighted by molar-refractivity contribution is 5.90. The molecule has 1 aliphatic heterocycles. The van der Waals surface area contributed by atoms with Gasteiger partial charge in [0.05, 0.1) is 19.3 Å². The summed E-state index contributed by atoms with van der Waals surface area (Å²) >= 11 is 0. The van der Waals surface area contributed by atoms with E-state index in [1.807, 2.05) is 0 Å². The van der Waals surface area contributed by atoms with E-state index in [1.165, 1.54) is 14.2 Å². The predicted octanol–water partition coefficient (Wildman–Crippen LogP) is 1.76. The number of carboxylic acids is 1. The van der Waals surface area contributed by atoms with Gasteiger partial charge in [-0.1, -0.05) is 0 Å². The lowest BCUT2D eigenvalue weighted by atomic mass is 10.1. The smallest absolute Gasteiger partial charge is 0.337 e. The Labute approximate surface area is 127 Å². The number of aliphatic carboxylic acids is 1. The Bertz CT molecular complexity index is 555. The zero-order valence-corrected chi connectivity index (χ0v) is 12.4. The minimum Gasteiger partial charge on any atom is -0.494 e. The first-order valence-electron chi connectivity index (χ1n) is 6.81. The van der Waals surface area contributed by atoms with Gasteiger partial charge in [0.1, 0.15) is 11.9 Å². The van der Waals surface area contributed by atoms with E-state index in [4.69, 9.17) is 24.1 Å². The molecule has 1 saturated heterocycles. The number of esters is 1. The largest absolute Gasteiger partial charge is 0.494 e.